The standard InChI is InChI=1S/C36H41ClN6O3.C34H35ClN6O2/c1-21(2)24-14-15-39-28(22(3)4)32(24)43-33-26(20-27(37)29(40-33)25-13-11-10-12-23(25)5)31(30(38-9)34(43)44)41-16-18-42(19-17-41)35(45)46-36(6,7)8;1-8-27(42)39-15-17-40(18-16-39)31-25-19-26(35)29(24-12-10-9-11-22(24)6)38-33(25)41(34(43)30(31)36-7)32-23(20(2)3)13-14-37-28(32)21(4)5/h10-15,20-22H,16-19H2,1-8H3;8-14,19-21H,1,15-18H2,2-6H3. The van der Waals surface area contributed by atoms with E-state index in [-0.39, 0.29) is 47.0 Å². The summed E-state index contributed by atoms with van der Waals surface area (Å²) in [6.45, 7) is 49.3. The van der Waals surface area contributed by atoms with Crippen LogP contribution in [-0.2, 0) is 9.53 Å². The number of hydrogen-bond acceptors (Lipinski definition) is 11. The van der Waals surface area contributed by atoms with Crippen LogP contribution >= 0.6 is 23.2 Å². The van der Waals surface area contributed by atoms with Gasteiger partial charge >= 0.3 is 6.09 Å². The quantitative estimate of drug-likeness (QED) is 0.0895. The minimum absolute atomic E-state index is 0.00390. The van der Waals surface area contributed by atoms with Crippen molar-refractivity contribution in [1.82, 2.24) is 38.9 Å². The van der Waals surface area contributed by atoms with Crippen LogP contribution in [0.3, 0.4) is 0 Å². The van der Waals surface area contributed by atoms with Crippen molar-refractivity contribution in [2.75, 3.05) is 62.2 Å². The number of halogens is 2. The number of piperazine rings is 2. The van der Waals surface area contributed by atoms with Gasteiger partial charge in [0.2, 0.25) is 5.91 Å². The number of amides is 2. The van der Waals surface area contributed by atoms with Crippen molar-refractivity contribution in [3.05, 3.63) is 185 Å². The van der Waals surface area contributed by atoms with E-state index in [1.165, 1.54) is 6.08 Å². The summed E-state index contributed by atoms with van der Waals surface area (Å²) in [4.78, 5) is 89.1. The van der Waals surface area contributed by atoms with E-state index >= 15 is 0 Å². The minimum atomic E-state index is -0.612. The SMILES string of the molecule is [C-]#[N+]c1c(N2CCN(C(=O)C=C)CC2)c2cc(Cl)c(-c3ccccc3C)nc2n(-c2c(C(C)C)ccnc2C(C)C)c1=O.[C-]#[N+]c1c(N2CCN(C(=O)OC(C)(C)C)CC2)c2cc(Cl)c(-c3ccccc3C)nc2n(-c2c(C(C)C)ccnc2C(C)C)c1=O. The predicted molar refractivity (Wildman–Crippen MR) is 359 cm³/mol. The highest BCUT2D eigenvalue weighted by Crippen LogP contribution is 2.44. The predicted octanol–water partition coefficient (Wildman–Crippen LogP) is 15.3. The molecular formula is C70H76Cl2N12O5. The Bertz CT molecular complexity index is 4250. The molecule has 2 saturated heterocycles. The Labute approximate surface area is 530 Å². The molecule has 17 nitrogen and oxygen atoms in total. The number of nitrogens with zero attached hydrogens (tertiary/aromatic N) is 12. The Morgan fingerprint density at radius 2 is 0.966 bits per heavy atom. The lowest BCUT2D eigenvalue weighted by Crippen LogP contribution is -2.50. The fourth-order valence-corrected chi connectivity index (χ4v) is 12.3. The molecule has 0 saturated carbocycles. The number of rotatable bonds is 11. The molecule has 2 aromatic carbocycles. The zero-order valence-electron chi connectivity index (χ0n) is 53.0. The molecule has 89 heavy (non-hydrogen) atoms. The van der Waals surface area contributed by atoms with Gasteiger partial charge in [-0.25, -0.2) is 24.5 Å². The number of hydrogen-bond donors (Lipinski definition) is 0. The summed E-state index contributed by atoms with van der Waals surface area (Å²) in [5, 5.41) is 2.02. The minimum Gasteiger partial charge on any atom is -0.444 e. The molecule has 0 atom stereocenters. The molecule has 19 heteroatoms. The van der Waals surface area contributed by atoms with Gasteiger partial charge in [0.1, 0.15) is 16.9 Å². The van der Waals surface area contributed by atoms with E-state index < -0.39 is 16.7 Å². The summed E-state index contributed by atoms with van der Waals surface area (Å²) in [5.41, 5.74) is 9.74. The number of ether oxygens (including phenoxy) is 1. The van der Waals surface area contributed by atoms with Crippen molar-refractivity contribution in [2.24, 2.45) is 0 Å². The molecule has 2 aliphatic heterocycles. The second-order valence-corrected chi connectivity index (χ2v) is 25.6. The topological polar surface area (TPSA) is 161 Å². The fourth-order valence-electron chi connectivity index (χ4n) is 11.8. The zero-order chi connectivity index (χ0) is 64.5. The maximum atomic E-state index is 14.7. The van der Waals surface area contributed by atoms with Crippen LogP contribution < -0.4 is 20.9 Å². The third kappa shape index (κ3) is 12.7. The summed E-state index contributed by atoms with van der Waals surface area (Å²) in [6, 6.07) is 23.2. The van der Waals surface area contributed by atoms with Crippen molar-refractivity contribution in [1.29, 1.82) is 0 Å². The van der Waals surface area contributed by atoms with Crippen molar-refractivity contribution >= 4 is 80.0 Å². The van der Waals surface area contributed by atoms with Crippen LogP contribution in [0.4, 0.5) is 27.5 Å². The average Bonchev–Trinajstić information content (AvgIpc) is 0.758. The number of carbonyl (C=O) groups is 2. The second kappa shape index (κ2) is 26.4. The number of pyridine rings is 6. The third-order valence-electron chi connectivity index (χ3n) is 16.2. The summed E-state index contributed by atoms with van der Waals surface area (Å²) < 4.78 is 8.76. The van der Waals surface area contributed by atoms with Gasteiger partial charge in [-0.2, -0.15) is 0 Å². The Hall–Kier alpha value is -8.90. The number of carbonyl (C=O) groups excluding carboxylic acids is 2. The first-order valence-corrected chi connectivity index (χ1v) is 30.9. The molecule has 0 bridgehead atoms. The van der Waals surface area contributed by atoms with Gasteiger partial charge in [-0.05, 0) is 111 Å². The van der Waals surface area contributed by atoms with E-state index in [4.69, 9.17) is 61.0 Å². The first-order chi connectivity index (χ1) is 42.3. The number of aryl methyl sites for hydroxylation is 2. The first kappa shape index (κ1) is 64.6. The fraction of sp³-hybridized carbons (Fsp3) is 0.371. The number of aromatic nitrogens is 6. The second-order valence-electron chi connectivity index (χ2n) is 24.8. The lowest BCUT2D eigenvalue weighted by atomic mass is 9.96. The molecule has 0 N–H and O–H groups in total. The number of fused-ring (bicyclic) bond motifs is 2. The maximum absolute atomic E-state index is 14.7. The van der Waals surface area contributed by atoms with Gasteiger partial charge in [-0.1, -0.05) is 134 Å². The summed E-state index contributed by atoms with van der Waals surface area (Å²) in [6.07, 6.45) is 4.47. The summed E-state index contributed by atoms with van der Waals surface area (Å²) >= 11 is 14.0. The molecular weight excluding hydrogens is 1160 g/mol. The van der Waals surface area contributed by atoms with Gasteiger partial charge in [0, 0.05) is 86.7 Å². The first-order valence-electron chi connectivity index (χ1n) is 30.1. The lowest BCUT2D eigenvalue weighted by molar-refractivity contribution is -0.126. The van der Waals surface area contributed by atoms with Gasteiger partial charge in [-0.3, -0.25) is 33.5 Å². The molecule has 6 aromatic heterocycles. The van der Waals surface area contributed by atoms with Gasteiger partial charge in [0.05, 0.1) is 68.7 Å². The number of anilines is 2. The van der Waals surface area contributed by atoms with Crippen LogP contribution in [0.5, 0.6) is 0 Å². The molecule has 0 aliphatic carbocycles. The molecule has 2 amide bonds. The third-order valence-corrected chi connectivity index (χ3v) is 16.8. The Morgan fingerprint density at radius 1 is 0.584 bits per heavy atom. The lowest BCUT2D eigenvalue weighted by Gasteiger charge is -2.37. The molecule has 10 rings (SSSR count). The van der Waals surface area contributed by atoms with Crippen molar-refractivity contribution in [3.63, 3.8) is 0 Å². The van der Waals surface area contributed by atoms with Crippen LogP contribution in [0.15, 0.2) is 107 Å². The van der Waals surface area contributed by atoms with E-state index in [0.29, 0.717) is 119 Å². The van der Waals surface area contributed by atoms with Gasteiger partial charge in [0.15, 0.2) is 0 Å². The van der Waals surface area contributed by atoms with E-state index in [1.807, 2.05) is 145 Å². The molecule has 8 aromatic rings. The molecule has 2 aliphatic rings. The van der Waals surface area contributed by atoms with Crippen molar-refractivity contribution in [2.45, 2.75) is 119 Å². The number of benzene rings is 2. The van der Waals surface area contributed by atoms with E-state index in [9.17, 15) is 19.2 Å². The highest BCUT2D eigenvalue weighted by Gasteiger charge is 2.34. The van der Waals surface area contributed by atoms with Gasteiger partial charge in [-0.15, -0.1) is 0 Å². The monoisotopic (exact) mass is 1230 g/mol. The molecule has 2 fully saturated rings. The molecule has 8 heterocycles. The van der Waals surface area contributed by atoms with Crippen LogP contribution in [-0.4, -0.2) is 109 Å². The molecule has 0 spiro atoms. The molecule has 460 valence electrons. The van der Waals surface area contributed by atoms with Crippen LogP contribution in [0.1, 0.15) is 133 Å². The smallest absolute Gasteiger partial charge is 0.410 e. The maximum Gasteiger partial charge on any atom is 0.410 e. The van der Waals surface area contributed by atoms with Gasteiger partial charge in [0.25, 0.3) is 22.5 Å². The van der Waals surface area contributed by atoms with Crippen LogP contribution in [0.2, 0.25) is 10.0 Å². The average molecular weight is 1240 g/mol. The largest absolute Gasteiger partial charge is 0.444 e. The van der Waals surface area contributed by atoms with E-state index in [2.05, 4.69) is 44.0 Å². The van der Waals surface area contributed by atoms with Crippen LogP contribution in [0, 0.1) is 27.0 Å². The normalized spacial score (nSPS) is 13.7. The summed E-state index contributed by atoms with van der Waals surface area (Å²) in [7, 11) is 0. The van der Waals surface area contributed by atoms with Gasteiger partial charge < -0.3 is 24.3 Å². The molecule has 0 radical (unpaired) electrons. The van der Waals surface area contributed by atoms with Crippen molar-refractivity contribution < 1.29 is 14.3 Å². The Morgan fingerprint density at radius 3 is 1.30 bits per heavy atom. The molecule has 0 unspecified atom stereocenters. The Balaban J connectivity index is 0.000000212. The zero-order valence-corrected chi connectivity index (χ0v) is 54.5. The van der Waals surface area contributed by atoms with Crippen LogP contribution in [0.25, 0.3) is 65.6 Å². The highest BCUT2D eigenvalue weighted by atomic mass is 35.5. The summed E-state index contributed by atoms with van der Waals surface area (Å²) in [5.74, 6) is 0.00255. The Kier molecular flexibility index (Phi) is 19.2. The van der Waals surface area contributed by atoms with E-state index in [1.54, 1.807) is 31.3 Å². The van der Waals surface area contributed by atoms with E-state index in [0.717, 1.165) is 44.8 Å². The highest BCUT2D eigenvalue weighted by molar-refractivity contribution is 6.34. The van der Waals surface area contributed by atoms with Crippen molar-refractivity contribution in [3.8, 4) is 33.9 Å².